The molecule has 1 heterocycles. The van der Waals surface area contributed by atoms with Crippen LogP contribution in [0.5, 0.6) is 11.5 Å². The van der Waals surface area contributed by atoms with E-state index >= 15 is 0 Å². The highest BCUT2D eigenvalue weighted by atomic mass is 16.5. The van der Waals surface area contributed by atoms with Crippen molar-refractivity contribution >= 4 is 10.9 Å². The first-order valence-electron chi connectivity index (χ1n) is 5.68. The van der Waals surface area contributed by atoms with Gasteiger partial charge in [0.2, 0.25) is 0 Å². The summed E-state index contributed by atoms with van der Waals surface area (Å²) >= 11 is 0. The molecule has 1 aromatic heterocycles. The zero-order chi connectivity index (χ0) is 12.3. The maximum atomic E-state index is 11.9. The number of pyridine rings is 1. The molecule has 4 nitrogen and oxygen atoms in total. The number of aromatic nitrogens is 1. The fourth-order valence-corrected chi connectivity index (χ4v) is 1.79. The first-order valence-corrected chi connectivity index (χ1v) is 5.68. The number of rotatable bonds is 4. The Bertz CT molecular complexity index is 574. The highest BCUT2D eigenvalue weighted by molar-refractivity contribution is 5.89. The number of hydrogen-bond donors (Lipinski definition) is 1. The minimum absolute atomic E-state index is 0.0660. The van der Waals surface area contributed by atoms with Gasteiger partial charge in [-0.1, -0.05) is 0 Å². The third-order valence-electron chi connectivity index (χ3n) is 2.44. The van der Waals surface area contributed by atoms with Gasteiger partial charge < -0.3 is 14.5 Å². The van der Waals surface area contributed by atoms with E-state index in [1.54, 1.807) is 12.3 Å². The molecule has 0 spiro atoms. The second-order valence-electron chi connectivity index (χ2n) is 3.52. The van der Waals surface area contributed by atoms with Crippen molar-refractivity contribution in [1.82, 2.24) is 4.98 Å². The van der Waals surface area contributed by atoms with Crippen LogP contribution in [0.1, 0.15) is 13.8 Å². The molecule has 0 aliphatic heterocycles. The summed E-state index contributed by atoms with van der Waals surface area (Å²) in [7, 11) is 0. The van der Waals surface area contributed by atoms with Gasteiger partial charge in [0, 0.05) is 12.3 Å². The molecule has 0 unspecified atom stereocenters. The molecule has 0 aliphatic carbocycles. The van der Waals surface area contributed by atoms with E-state index in [2.05, 4.69) is 4.98 Å². The van der Waals surface area contributed by atoms with Gasteiger partial charge in [0.1, 0.15) is 11.5 Å². The predicted molar refractivity (Wildman–Crippen MR) is 66.9 cm³/mol. The average Bonchev–Trinajstić information content (AvgIpc) is 2.33. The van der Waals surface area contributed by atoms with Crippen LogP contribution < -0.4 is 14.9 Å². The Kier molecular flexibility index (Phi) is 3.32. The van der Waals surface area contributed by atoms with Crippen LogP contribution >= 0.6 is 0 Å². The maximum Gasteiger partial charge on any atom is 0.193 e. The molecule has 2 rings (SSSR count). The van der Waals surface area contributed by atoms with Gasteiger partial charge in [-0.3, -0.25) is 4.79 Å². The standard InChI is InChI=1S/C13H15NO3/c1-3-16-10-5-6-11(17-4-2)13-12(10)9(15)7-8-14-13/h5-8H,3-4H2,1-2H3,(H,14,15). The zero-order valence-corrected chi connectivity index (χ0v) is 9.95. The van der Waals surface area contributed by atoms with E-state index in [1.165, 1.54) is 6.07 Å². The van der Waals surface area contributed by atoms with Crippen LogP contribution in [0.4, 0.5) is 0 Å². The van der Waals surface area contributed by atoms with Crippen LogP contribution in [0.2, 0.25) is 0 Å². The predicted octanol–water partition coefficient (Wildman–Crippen LogP) is 2.33. The summed E-state index contributed by atoms with van der Waals surface area (Å²) in [5.41, 5.74) is 0.619. The van der Waals surface area contributed by atoms with Crippen molar-refractivity contribution < 1.29 is 9.47 Å². The second kappa shape index (κ2) is 4.91. The monoisotopic (exact) mass is 233 g/mol. The quantitative estimate of drug-likeness (QED) is 0.881. The van der Waals surface area contributed by atoms with E-state index in [9.17, 15) is 4.79 Å². The molecule has 17 heavy (non-hydrogen) atoms. The van der Waals surface area contributed by atoms with Crippen LogP contribution in [-0.4, -0.2) is 18.2 Å². The maximum absolute atomic E-state index is 11.9. The van der Waals surface area contributed by atoms with Crippen molar-refractivity contribution in [3.63, 3.8) is 0 Å². The Hall–Kier alpha value is -1.97. The summed E-state index contributed by atoms with van der Waals surface area (Å²) in [5.74, 6) is 1.26. The van der Waals surface area contributed by atoms with E-state index in [1.807, 2.05) is 19.9 Å². The average molecular weight is 233 g/mol. The van der Waals surface area contributed by atoms with Gasteiger partial charge in [0.15, 0.2) is 5.43 Å². The van der Waals surface area contributed by atoms with Crippen LogP contribution in [0.25, 0.3) is 10.9 Å². The molecule has 1 aromatic carbocycles. The zero-order valence-electron chi connectivity index (χ0n) is 9.95. The second-order valence-corrected chi connectivity index (χ2v) is 3.52. The SMILES string of the molecule is CCOc1ccc(OCC)c2c(=O)cc[nH]c12. The first kappa shape index (κ1) is 11.5. The smallest absolute Gasteiger partial charge is 0.193 e. The van der Waals surface area contributed by atoms with E-state index in [0.29, 0.717) is 35.6 Å². The highest BCUT2D eigenvalue weighted by Crippen LogP contribution is 2.29. The molecule has 0 atom stereocenters. The van der Waals surface area contributed by atoms with Crippen molar-refractivity contribution in [3.05, 3.63) is 34.6 Å². The molecule has 0 radical (unpaired) electrons. The molecule has 0 saturated heterocycles. The normalized spacial score (nSPS) is 10.5. The van der Waals surface area contributed by atoms with Crippen LogP contribution in [0, 0.1) is 0 Å². The number of hydrogen-bond acceptors (Lipinski definition) is 3. The Morgan fingerprint density at radius 2 is 1.71 bits per heavy atom. The van der Waals surface area contributed by atoms with Gasteiger partial charge >= 0.3 is 0 Å². The van der Waals surface area contributed by atoms with E-state index in [0.717, 1.165) is 0 Å². The lowest BCUT2D eigenvalue weighted by Gasteiger charge is -2.10. The van der Waals surface area contributed by atoms with Gasteiger partial charge in [-0.2, -0.15) is 0 Å². The van der Waals surface area contributed by atoms with E-state index < -0.39 is 0 Å². The summed E-state index contributed by atoms with van der Waals surface area (Å²) in [6.45, 7) is 4.88. The summed E-state index contributed by atoms with van der Waals surface area (Å²) in [4.78, 5) is 14.9. The molecule has 4 heteroatoms. The molecule has 0 bridgehead atoms. The summed E-state index contributed by atoms with van der Waals surface area (Å²) in [6.07, 6.45) is 1.61. The molecule has 0 saturated carbocycles. The van der Waals surface area contributed by atoms with Crippen molar-refractivity contribution in [2.75, 3.05) is 13.2 Å². The lowest BCUT2D eigenvalue weighted by Crippen LogP contribution is -2.05. The van der Waals surface area contributed by atoms with Crippen molar-refractivity contribution in [3.8, 4) is 11.5 Å². The number of H-pyrrole nitrogens is 1. The van der Waals surface area contributed by atoms with Crippen molar-refractivity contribution in [2.24, 2.45) is 0 Å². The number of fused-ring (bicyclic) bond motifs is 1. The number of benzene rings is 1. The number of ether oxygens (including phenoxy) is 2. The van der Waals surface area contributed by atoms with E-state index in [4.69, 9.17) is 9.47 Å². The summed E-state index contributed by atoms with van der Waals surface area (Å²) in [5, 5.41) is 0.542. The van der Waals surface area contributed by atoms with Gasteiger partial charge in [-0.05, 0) is 26.0 Å². The Morgan fingerprint density at radius 1 is 1.06 bits per heavy atom. The van der Waals surface area contributed by atoms with Gasteiger partial charge in [-0.15, -0.1) is 0 Å². The highest BCUT2D eigenvalue weighted by Gasteiger charge is 2.10. The minimum atomic E-state index is -0.0660. The lowest BCUT2D eigenvalue weighted by atomic mass is 10.2. The van der Waals surface area contributed by atoms with E-state index in [-0.39, 0.29) is 5.43 Å². The molecule has 2 aromatic rings. The van der Waals surface area contributed by atoms with Crippen LogP contribution in [-0.2, 0) is 0 Å². The fourth-order valence-electron chi connectivity index (χ4n) is 1.79. The third-order valence-corrected chi connectivity index (χ3v) is 2.44. The van der Waals surface area contributed by atoms with Gasteiger partial charge in [-0.25, -0.2) is 0 Å². The Labute approximate surface area is 99.2 Å². The topological polar surface area (TPSA) is 51.3 Å². The Balaban J connectivity index is 2.72. The van der Waals surface area contributed by atoms with Gasteiger partial charge in [0.05, 0.1) is 24.1 Å². The Morgan fingerprint density at radius 3 is 2.41 bits per heavy atom. The minimum Gasteiger partial charge on any atom is -0.493 e. The summed E-state index contributed by atoms with van der Waals surface area (Å²) < 4.78 is 10.9. The lowest BCUT2D eigenvalue weighted by molar-refractivity contribution is 0.336. The molecule has 0 fully saturated rings. The van der Waals surface area contributed by atoms with Crippen LogP contribution in [0.3, 0.4) is 0 Å². The molecular weight excluding hydrogens is 218 g/mol. The number of nitrogens with one attached hydrogen (secondary N) is 1. The number of aromatic amines is 1. The molecule has 0 aliphatic rings. The van der Waals surface area contributed by atoms with Crippen molar-refractivity contribution in [1.29, 1.82) is 0 Å². The third kappa shape index (κ3) is 2.11. The molecule has 1 N–H and O–H groups in total. The van der Waals surface area contributed by atoms with Crippen molar-refractivity contribution in [2.45, 2.75) is 13.8 Å². The fraction of sp³-hybridized carbons (Fsp3) is 0.308. The first-order chi connectivity index (χ1) is 8.27. The molecular formula is C13H15NO3. The van der Waals surface area contributed by atoms with Crippen LogP contribution in [0.15, 0.2) is 29.2 Å². The summed E-state index contributed by atoms with van der Waals surface area (Å²) in [6, 6.07) is 5.07. The molecule has 90 valence electrons. The largest absolute Gasteiger partial charge is 0.493 e. The molecule has 0 amide bonds. The van der Waals surface area contributed by atoms with Gasteiger partial charge in [0.25, 0.3) is 0 Å².